The van der Waals surface area contributed by atoms with Crippen LogP contribution in [0.4, 0.5) is 0 Å². The Morgan fingerprint density at radius 2 is 1.74 bits per heavy atom. The van der Waals surface area contributed by atoms with Crippen molar-refractivity contribution in [3.63, 3.8) is 0 Å². The highest BCUT2D eigenvalue weighted by atomic mass is 127. The lowest BCUT2D eigenvalue weighted by Crippen LogP contribution is -2.27. The van der Waals surface area contributed by atoms with Crippen molar-refractivity contribution in [3.8, 4) is 5.75 Å². The van der Waals surface area contributed by atoms with E-state index in [-0.39, 0.29) is 13.8 Å². The fourth-order valence-corrected chi connectivity index (χ4v) is 3.11. The van der Waals surface area contributed by atoms with Gasteiger partial charge in [-0.2, -0.15) is 0 Å². The van der Waals surface area contributed by atoms with Crippen LogP contribution in [0.3, 0.4) is 0 Å². The van der Waals surface area contributed by atoms with E-state index in [9.17, 15) is 0 Å². The van der Waals surface area contributed by atoms with Gasteiger partial charge in [-0.05, 0) is 75.5 Å². The third-order valence-electron chi connectivity index (χ3n) is 4.28. The summed E-state index contributed by atoms with van der Waals surface area (Å²) >= 11 is 8.60. The Bertz CT molecular complexity index is 653. The van der Waals surface area contributed by atoms with E-state index in [0.29, 0.717) is 0 Å². The van der Waals surface area contributed by atoms with Crippen LogP contribution < -0.4 is 4.74 Å². The van der Waals surface area contributed by atoms with E-state index in [4.69, 9.17) is 16.3 Å². The minimum absolute atomic E-state index is 0.275. The average molecular weight is 458 g/mol. The zero-order valence-electron chi connectivity index (χ0n) is 14.1. The average Bonchev–Trinajstić information content (AvgIpc) is 2.50. The van der Waals surface area contributed by atoms with Crippen molar-refractivity contribution in [2.75, 3.05) is 6.61 Å². The predicted molar refractivity (Wildman–Crippen MR) is 110 cm³/mol. The molecule has 0 saturated heterocycles. The molecule has 4 heteroatoms. The Labute approximate surface area is 160 Å². The lowest BCUT2D eigenvalue weighted by atomic mass is 10.1. The van der Waals surface area contributed by atoms with Crippen LogP contribution in [-0.2, 0) is 6.42 Å². The summed E-state index contributed by atoms with van der Waals surface area (Å²) in [6.45, 7) is 10.0. The van der Waals surface area contributed by atoms with Crippen LogP contribution >= 0.6 is 34.2 Å². The monoisotopic (exact) mass is 457 g/mol. The molecule has 2 rings (SSSR count). The second-order valence-corrected chi connectivity index (χ2v) is 11.7. The SMILES string of the molecule is C[Si](C)C(C)(C)COc1ccc(Cc2cc(I)ccc2Cl)cc1. The van der Waals surface area contributed by atoms with Gasteiger partial charge in [0.25, 0.3) is 0 Å². The zero-order valence-corrected chi connectivity index (χ0v) is 18.0. The van der Waals surface area contributed by atoms with E-state index in [2.05, 4.69) is 79.9 Å². The molecule has 2 aromatic rings. The van der Waals surface area contributed by atoms with E-state index >= 15 is 0 Å². The summed E-state index contributed by atoms with van der Waals surface area (Å²) in [6, 6.07) is 14.5. The Morgan fingerprint density at radius 1 is 1.09 bits per heavy atom. The molecule has 0 aliphatic rings. The van der Waals surface area contributed by atoms with E-state index < -0.39 is 0 Å². The Hall–Kier alpha value is -0.523. The van der Waals surface area contributed by atoms with Gasteiger partial charge in [0.2, 0.25) is 0 Å². The summed E-state index contributed by atoms with van der Waals surface area (Å²) in [4.78, 5) is 0. The van der Waals surface area contributed by atoms with Crippen molar-refractivity contribution in [2.45, 2.75) is 38.4 Å². The molecule has 0 amide bonds. The second-order valence-electron chi connectivity index (χ2n) is 6.73. The lowest BCUT2D eigenvalue weighted by Gasteiger charge is -2.27. The molecule has 123 valence electrons. The molecule has 0 saturated carbocycles. The fourth-order valence-electron chi connectivity index (χ4n) is 2.01. The molecule has 0 bridgehead atoms. The molecule has 1 radical (unpaired) electrons. The van der Waals surface area contributed by atoms with E-state index in [1.165, 1.54) is 9.13 Å². The molecule has 1 nitrogen and oxygen atoms in total. The summed E-state index contributed by atoms with van der Waals surface area (Å²) in [5.74, 6) is 0.943. The Kier molecular flexibility index (Phi) is 6.57. The Morgan fingerprint density at radius 3 is 2.35 bits per heavy atom. The van der Waals surface area contributed by atoms with E-state index in [0.717, 1.165) is 29.4 Å². The summed E-state index contributed by atoms with van der Waals surface area (Å²) in [5, 5.41) is 1.10. The minimum Gasteiger partial charge on any atom is -0.493 e. The maximum atomic E-state index is 6.28. The first kappa shape index (κ1) is 18.8. The molecule has 0 aliphatic carbocycles. The van der Waals surface area contributed by atoms with Gasteiger partial charge in [0, 0.05) is 8.59 Å². The van der Waals surface area contributed by atoms with Gasteiger partial charge in [0.15, 0.2) is 0 Å². The number of hydrogen-bond donors (Lipinski definition) is 0. The van der Waals surface area contributed by atoms with Gasteiger partial charge >= 0.3 is 0 Å². The van der Waals surface area contributed by atoms with Crippen LogP contribution in [0.5, 0.6) is 5.75 Å². The molecule has 0 aliphatic heterocycles. The second kappa shape index (κ2) is 8.04. The lowest BCUT2D eigenvalue weighted by molar-refractivity contribution is 0.276. The smallest absolute Gasteiger partial charge is 0.119 e. The molecule has 0 fully saturated rings. The molecular formula is C19H23ClIOSi. The number of benzene rings is 2. The first-order valence-corrected chi connectivity index (χ1v) is 11.7. The maximum absolute atomic E-state index is 6.28. The van der Waals surface area contributed by atoms with E-state index in [1.807, 2.05) is 12.1 Å². The highest BCUT2D eigenvalue weighted by Crippen LogP contribution is 2.29. The molecule has 0 spiro atoms. The van der Waals surface area contributed by atoms with Crippen molar-refractivity contribution in [1.29, 1.82) is 0 Å². The summed E-state index contributed by atoms with van der Waals surface area (Å²) in [7, 11) is -0.378. The molecule has 23 heavy (non-hydrogen) atoms. The molecule has 0 aromatic heterocycles. The summed E-state index contributed by atoms with van der Waals surface area (Å²) in [6.07, 6.45) is 0.846. The van der Waals surface area contributed by atoms with Crippen molar-refractivity contribution in [3.05, 3.63) is 62.2 Å². The largest absolute Gasteiger partial charge is 0.493 e. The minimum atomic E-state index is -0.378. The van der Waals surface area contributed by atoms with Gasteiger partial charge in [0.05, 0.1) is 15.4 Å². The van der Waals surface area contributed by atoms with Crippen LogP contribution in [0, 0.1) is 3.57 Å². The highest BCUT2D eigenvalue weighted by molar-refractivity contribution is 14.1. The van der Waals surface area contributed by atoms with Crippen LogP contribution in [-0.4, -0.2) is 15.4 Å². The first-order valence-electron chi connectivity index (χ1n) is 7.74. The van der Waals surface area contributed by atoms with Crippen LogP contribution in [0.25, 0.3) is 0 Å². The van der Waals surface area contributed by atoms with Crippen molar-refractivity contribution in [1.82, 2.24) is 0 Å². The topological polar surface area (TPSA) is 9.23 Å². The van der Waals surface area contributed by atoms with Crippen molar-refractivity contribution in [2.24, 2.45) is 0 Å². The van der Waals surface area contributed by atoms with Gasteiger partial charge in [0.1, 0.15) is 5.75 Å². The zero-order chi connectivity index (χ0) is 17.0. The highest BCUT2D eigenvalue weighted by Gasteiger charge is 2.24. The predicted octanol–water partition coefficient (Wildman–Crippen LogP) is 6.45. The van der Waals surface area contributed by atoms with E-state index in [1.54, 1.807) is 0 Å². The van der Waals surface area contributed by atoms with Crippen LogP contribution in [0.1, 0.15) is 25.0 Å². The van der Waals surface area contributed by atoms with Gasteiger partial charge in [-0.25, -0.2) is 0 Å². The summed E-state index contributed by atoms with van der Waals surface area (Å²) in [5.41, 5.74) is 2.41. The van der Waals surface area contributed by atoms with Gasteiger partial charge in [-0.3, -0.25) is 0 Å². The number of halogens is 2. The maximum Gasteiger partial charge on any atom is 0.119 e. The van der Waals surface area contributed by atoms with Crippen LogP contribution in [0.2, 0.25) is 23.2 Å². The van der Waals surface area contributed by atoms with Crippen molar-refractivity contribution >= 4 is 43.0 Å². The molecule has 0 atom stereocenters. The number of rotatable bonds is 6. The fraction of sp³-hybridized carbons (Fsp3) is 0.368. The number of hydrogen-bond acceptors (Lipinski definition) is 1. The third kappa shape index (κ3) is 5.50. The molecule has 0 N–H and O–H groups in total. The normalized spacial score (nSPS) is 11.8. The van der Waals surface area contributed by atoms with Crippen molar-refractivity contribution < 1.29 is 4.74 Å². The van der Waals surface area contributed by atoms with Crippen LogP contribution in [0.15, 0.2) is 42.5 Å². The Balaban J connectivity index is 2.01. The van der Waals surface area contributed by atoms with Gasteiger partial charge in [-0.1, -0.05) is 50.7 Å². The van der Waals surface area contributed by atoms with Gasteiger partial charge < -0.3 is 4.74 Å². The molecule has 0 heterocycles. The standard InChI is InChI=1S/C19H23ClIOSi/c1-19(2,23(3)4)13-22-17-8-5-14(6-9-17)11-15-12-16(21)7-10-18(15)20/h5-10,12H,11,13H2,1-4H3. The first-order chi connectivity index (χ1) is 10.8. The summed E-state index contributed by atoms with van der Waals surface area (Å²) < 4.78 is 7.19. The molecular weight excluding hydrogens is 435 g/mol. The quantitative estimate of drug-likeness (QED) is 0.358. The molecule has 0 unspecified atom stereocenters. The van der Waals surface area contributed by atoms with Gasteiger partial charge in [-0.15, -0.1) is 0 Å². The number of ether oxygens (including phenoxy) is 1. The third-order valence-corrected chi connectivity index (χ3v) is 8.17. The molecule has 2 aromatic carbocycles.